The van der Waals surface area contributed by atoms with Crippen molar-refractivity contribution in [3.63, 3.8) is 0 Å². The highest BCUT2D eigenvalue weighted by molar-refractivity contribution is 7.09. The molecule has 0 N–H and O–H groups in total. The molecule has 1 saturated heterocycles. The van der Waals surface area contributed by atoms with Crippen LogP contribution in [0.5, 0.6) is 0 Å². The van der Waals surface area contributed by atoms with E-state index in [-0.39, 0.29) is 18.7 Å². The van der Waals surface area contributed by atoms with E-state index in [1.807, 2.05) is 0 Å². The minimum atomic E-state index is -4.23. The monoisotopic (exact) mass is 278 g/mol. The van der Waals surface area contributed by atoms with Crippen LogP contribution in [0, 0.1) is 12.8 Å². The maximum Gasteiger partial charge on any atom is 0.393 e. The Morgan fingerprint density at radius 2 is 2.28 bits per heavy atom. The molecule has 3 nitrogen and oxygen atoms in total. The van der Waals surface area contributed by atoms with Gasteiger partial charge < -0.3 is 4.90 Å². The lowest BCUT2D eigenvalue weighted by molar-refractivity contribution is -0.184. The van der Waals surface area contributed by atoms with Crippen molar-refractivity contribution in [3.8, 4) is 0 Å². The fraction of sp³-hybridized carbons (Fsp3) is 0.636. The van der Waals surface area contributed by atoms with Gasteiger partial charge in [-0.1, -0.05) is 0 Å². The molecule has 0 saturated carbocycles. The second-order valence-electron chi connectivity index (χ2n) is 4.38. The molecule has 0 spiro atoms. The van der Waals surface area contributed by atoms with E-state index in [1.54, 1.807) is 12.3 Å². The molecule has 7 heteroatoms. The molecule has 18 heavy (non-hydrogen) atoms. The average molecular weight is 278 g/mol. The number of hydrogen-bond donors (Lipinski definition) is 0. The van der Waals surface area contributed by atoms with E-state index in [4.69, 9.17) is 0 Å². The summed E-state index contributed by atoms with van der Waals surface area (Å²) in [6, 6.07) is 0. The van der Waals surface area contributed by atoms with Crippen LogP contribution in [0.15, 0.2) is 5.38 Å². The van der Waals surface area contributed by atoms with Gasteiger partial charge in [-0.05, 0) is 19.8 Å². The van der Waals surface area contributed by atoms with Gasteiger partial charge in [0.1, 0.15) is 5.69 Å². The molecule has 1 aliphatic rings. The van der Waals surface area contributed by atoms with Crippen LogP contribution in [0.2, 0.25) is 0 Å². The summed E-state index contributed by atoms with van der Waals surface area (Å²) in [6.07, 6.45) is -3.74. The minimum Gasteiger partial charge on any atom is -0.337 e. The normalized spacial score (nSPS) is 21.1. The number of carbonyl (C=O) groups excluding carboxylic acids is 1. The van der Waals surface area contributed by atoms with Crippen molar-refractivity contribution in [2.45, 2.75) is 25.9 Å². The van der Waals surface area contributed by atoms with Gasteiger partial charge in [-0.25, -0.2) is 4.98 Å². The number of amides is 1. The molecule has 0 aromatic carbocycles. The van der Waals surface area contributed by atoms with Gasteiger partial charge in [-0.3, -0.25) is 4.79 Å². The van der Waals surface area contributed by atoms with E-state index in [0.29, 0.717) is 13.0 Å². The molecular weight excluding hydrogens is 265 g/mol. The first-order valence-corrected chi connectivity index (χ1v) is 6.54. The summed E-state index contributed by atoms with van der Waals surface area (Å²) in [5.74, 6) is -1.80. The second-order valence-corrected chi connectivity index (χ2v) is 5.45. The van der Waals surface area contributed by atoms with Crippen molar-refractivity contribution in [1.82, 2.24) is 9.88 Å². The fourth-order valence-electron chi connectivity index (χ4n) is 2.05. The van der Waals surface area contributed by atoms with Gasteiger partial charge in [0.25, 0.3) is 5.91 Å². The third kappa shape index (κ3) is 2.82. The van der Waals surface area contributed by atoms with Crippen molar-refractivity contribution in [1.29, 1.82) is 0 Å². The Labute approximate surface area is 107 Å². The van der Waals surface area contributed by atoms with Crippen LogP contribution in [0.4, 0.5) is 13.2 Å². The Hall–Kier alpha value is -1.11. The average Bonchev–Trinajstić information content (AvgIpc) is 2.74. The van der Waals surface area contributed by atoms with E-state index in [9.17, 15) is 18.0 Å². The summed E-state index contributed by atoms with van der Waals surface area (Å²) in [6.45, 7) is 1.89. The molecule has 1 aromatic rings. The zero-order valence-corrected chi connectivity index (χ0v) is 10.6. The molecule has 1 unspecified atom stereocenters. The third-order valence-corrected chi connectivity index (χ3v) is 3.78. The molecule has 1 aromatic heterocycles. The van der Waals surface area contributed by atoms with Gasteiger partial charge in [0, 0.05) is 18.5 Å². The molecule has 2 rings (SSSR count). The predicted octanol–water partition coefficient (Wildman–Crippen LogP) is 2.87. The van der Waals surface area contributed by atoms with Gasteiger partial charge in [-0.2, -0.15) is 13.2 Å². The maximum atomic E-state index is 12.6. The van der Waals surface area contributed by atoms with E-state index in [0.717, 1.165) is 5.01 Å². The SMILES string of the molecule is Cc1nc(C(=O)N2CCCC(C(F)(F)F)C2)cs1. The Balaban J connectivity index is 2.07. The van der Waals surface area contributed by atoms with Gasteiger partial charge in [-0.15, -0.1) is 11.3 Å². The summed E-state index contributed by atoms with van der Waals surface area (Å²) in [4.78, 5) is 17.3. The largest absolute Gasteiger partial charge is 0.393 e. The molecule has 1 atom stereocenters. The summed E-state index contributed by atoms with van der Waals surface area (Å²) in [5, 5.41) is 2.33. The molecule has 0 bridgehead atoms. The van der Waals surface area contributed by atoms with Crippen molar-refractivity contribution < 1.29 is 18.0 Å². The number of nitrogens with zero attached hydrogens (tertiary/aromatic N) is 2. The highest BCUT2D eigenvalue weighted by atomic mass is 32.1. The number of aromatic nitrogens is 1. The minimum absolute atomic E-state index is 0.101. The first-order chi connectivity index (χ1) is 8.38. The van der Waals surface area contributed by atoms with Gasteiger partial charge in [0.15, 0.2) is 0 Å². The van der Waals surface area contributed by atoms with Crippen molar-refractivity contribution in [3.05, 3.63) is 16.1 Å². The van der Waals surface area contributed by atoms with Crippen LogP contribution < -0.4 is 0 Å². The van der Waals surface area contributed by atoms with E-state index in [1.165, 1.54) is 16.2 Å². The number of thiazole rings is 1. The van der Waals surface area contributed by atoms with Gasteiger partial charge >= 0.3 is 6.18 Å². The number of likely N-dealkylation sites (tertiary alicyclic amines) is 1. The zero-order valence-electron chi connectivity index (χ0n) is 9.83. The predicted molar refractivity (Wildman–Crippen MR) is 61.5 cm³/mol. The van der Waals surface area contributed by atoms with Gasteiger partial charge in [0.2, 0.25) is 0 Å². The lowest BCUT2D eigenvalue weighted by Gasteiger charge is -2.33. The van der Waals surface area contributed by atoms with Crippen LogP contribution in [0.25, 0.3) is 0 Å². The Morgan fingerprint density at radius 3 is 2.83 bits per heavy atom. The highest BCUT2D eigenvalue weighted by Crippen LogP contribution is 2.33. The molecule has 1 amide bonds. The molecule has 0 radical (unpaired) electrons. The van der Waals surface area contributed by atoms with Crippen molar-refractivity contribution in [2.75, 3.05) is 13.1 Å². The second kappa shape index (κ2) is 4.87. The van der Waals surface area contributed by atoms with Crippen LogP contribution in [-0.2, 0) is 0 Å². The number of hydrogen-bond acceptors (Lipinski definition) is 3. The highest BCUT2D eigenvalue weighted by Gasteiger charge is 2.42. The number of alkyl halides is 3. The fourth-order valence-corrected chi connectivity index (χ4v) is 2.64. The van der Waals surface area contributed by atoms with E-state index in [2.05, 4.69) is 4.98 Å². The van der Waals surface area contributed by atoms with Crippen LogP contribution in [0.3, 0.4) is 0 Å². The molecule has 2 heterocycles. The number of carbonyl (C=O) groups is 1. The number of aryl methyl sites for hydroxylation is 1. The van der Waals surface area contributed by atoms with Gasteiger partial charge in [0.05, 0.1) is 10.9 Å². The lowest BCUT2D eigenvalue weighted by atomic mass is 9.97. The molecule has 1 aliphatic heterocycles. The van der Waals surface area contributed by atoms with Crippen molar-refractivity contribution >= 4 is 17.2 Å². The Kier molecular flexibility index (Phi) is 3.61. The smallest absolute Gasteiger partial charge is 0.337 e. The third-order valence-electron chi connectivity index (χ3n) is 3.01. The Bertz CT molecular complexity index is 444. The summed E-state index contributed by atoms with van der Waals surface area (Å²) in [7, 11) is 0. The molecule has 100 valence electrons. The Morgan fingerprint density at radius 1 is 1.56 bits per heavy atom. The van der Waals surface area contributed by atoms with Crippen LogP contribution >= 0.6 is 11.3 Å². The number of halogens is 3. The quantitative estimate of drug-likeness (QED) is 0.791. The first kappa shape index (κ1) is 13.3. The molecule has 0 aliphatic carbocycles. The zero-order chi connectivity index (χ0) is 13.3. The maximum absolute atomic E-state index is 12.6. The number of piperidine rings is 1. The molecular formula is C11H13F3N2OS. The summed E-state index contributed by atoms with van der Waals surface area (Å²) in [5.41, 5.74) is 0.250. The first-order valence-electron chi connectivity index (χ1n) is 5.66. The van der Waals surface area contributed by atoms with Crippen molar-refractivity contribution in [2.24, 2.45) is 5.92 Å². The lowest BCUT2D eigenvalue weighted by Crippen LogP contribution is -2.44. The van der Waals surface area contributed by atoms with E-state index >= 15 is 0 Å². The summed E-state index contributed by atoms with van der Waals surface area (Å²) >= 11 is 1.32. The van der Waals surface area contributed by atoms with Crippen LogP contribution in [-0.4, -0.2) is 35.1 Å². The van der Waals surface area contributed by atoms with E-state index < -0.39 is 18.0 Å². The van der Waals surface area contributed by atoms with Crippen LogP contribution in [0.1, 0.15) is 28.3 Å². The number of rotatable bonds is 1. The summed E-state index contributed by atoms with van der Waals surface area (Å²) < 4.78 is 37.9. The topological polar surface area (TPSA) is 33.2 Å². The molecule has 1 fully saturated rings. The standard InChI is InChI=1S/C11H13F3N2OS/c1-7-15-9(6-18-7)10(17)16-4-2-3-8(5-16)11(12,13)14/h6,8H,2-5H2,1H3.